The number of hydrogen-bond donors (Lipinski definition) is 4. The van der Waals surface area contributed by atoms with E-state index in [1.165, 1.54) is 0 Å². The molecule has 0 spiro atoms. The fraction of sp³-hybridized carbons (Fsp3) is 0.208. The first kappa shape index (κ1) is 23.6. The van der Waals surface area contributed by atoms with Crippen LogP contribution in [-0.4, -0.2) is 39.1 Å². The number of aromatic nitrogens is 2. The number of carbonyl (C=O) groups is 1. The largest absolute Gasteiger partial charge is 0.502 e. The van der Waals surface area contributed by atoms with E-state index in [9.17, 15) is 28.6 Å². The van der Waals surface area contributed by atoms with Crippen LogP contribution in [0.25, 0.3) is 0 Å². The molecular formula is C24H21F2N3O4. The number of aliphatic hydroxyl groups excluding tert-OH is 1. The van der Waals surface area contributed by atoms with Gasteiger partial charge in [-0.15, -0.1) is 0 Å². The monoisotopic (exact) mass is 453 g/mol. The highest BCUT2D eigenvalue weighted by Crippen LogP contribution is 2.24. The average molecular weight is 453 g/mol. The summed E-state index contributed by atoms with van der Waals surface area (Å²) < 4.78 is 25.1. The van der Waals surface area contributed by atoms with Gasteiger partial charge in [-0.05, 0) is 41.8 Å². The van der Waals surface area contributed by atoms with Crippen LogP contribution in [0.3, 0.4) is 0 Å². The molecule has 0 saturated carbocycles. The maximum atomic E-state index is 12.6. The zero-order chi connectivity index (χ0) is 23.8. The number of H-pyrrole nitrogens is 1. The Morgan fingerprint density at radius 1 is 1.09 bits per heavy atom. The number of halogens is 2. The molecule has 170 valence electrons. The maximum absolute atomic E-state index is 12.6. The van der Waals surface area contributed by atoms with Crippen LogP contribution >= 0.6 is 0 Å². The molecule has 0 radical (unpaired) electrons. The van der Waals surface area contributed by atoms with Gasteiger partial charge in [0.1, 0.15) is 5.69 Å². The third kappa shape index (κ3) is 6.48. The molecule has 2 aromatic carbocycles. The minimum atomic E-state index is -2.74. The van der Waals surface area contributed by atoms with E-state index < -0.39 is 36.1 Å². The van der Waals surface area contributed by atoms with Gasteiger partial charge >= 0.3 is 0 Å². The number of rotatable bonds is 7. The number of aliphatic hydroxyl groups is 1. The quantitative estimate of drug-likeness (QED) is 0.409. The van der Waals surface area contributed by atoms with Gasteiger partial charge < -0.3 is 20.5 Å². The number of aromatic hydroxyl groups is 1. The molecule has 7 nitrogen and oxygen atoms in total. The van der Waals surface area contributed by atoms with Crippen LogP contribution in [0.4, 0.5) is 8.78 Å². The highest BCUT2D eigenvalue weighted by Gasteiger charge is 2.27. The van der Waals surface area contributed by atoms with Crippen LogP contribution in [0.2, 0.25) is 0 Å². The number of nitrogens with zero attached hydrogens (tertiary/aromatic N) is 1. The van der Waals surface area contributed by atoms with E-state index in [0.717, 1.165) is 17.5 Å². The summed E-state index contributed by atoms with van der Waals surface area (Å²) in [6.07, 6.45) is -1.69. The third-order valence-electron chi connectivity index (χ3n) is 4.79. The minimum Gasteiger partial charge on any atom is -0.502 e. The summed E-state index contributed by atoms with van der Waals surface area (Å²) in [5, 5.41) is 21.4. The van der Waals surface area contributed by atoms with Crippen molar-refractivity contribution in [2.24, 2.45) is 0 Å². The third-order valence-corrected chi connectivity index (χ3v) is 4.79. The van der Waals surface area contributed by atoms with Crippen molar-refractivity contribution in [2.75, 3.05) is 6.54 Å². The Morgan fingerprint density at radius 2 is 1.82 bits per heavy atom. The van der Waals surface area contributed by atoms with Gasteiger partial charge in [-0.25, -0.2) is 13.8 Å². The van der Waals surface area contributed by atoms with E-state index in [0.29, 0.717) is 11.1 Å². The van der Waals surface area contributed by atoms with Crippen molar-refractivity contribution >= 4 is 5.91 Å². The molecule has 1 heterocycles. The Balaban J connectivity index is 1.81. The Morgan fingerprint density at radius 3 is 2.52 bits per heavy atom. The maximum Gasteiger partial charge on any atom is 0.293 e. The second-order valence-corrected chi connectivity index (χ2v) is 7.16. The molecule has 3 rings (SSSR count). The molecule has 9 heteroatoms. The van der Waals surface area contributed by atoms with E-state index in [4.69, 9.17) is 0 Å². The molecule has 4 N–H and O–H groups in total. The second kappa shape index (κ2) is 11.0. The fourth-order valence-corrected chi connectivity index (χ4v) is 3.13. The van der Waals surface area contributed by atoms with E-state index >= 15 is 0 Å². The number of aromatic amines is 1. The SMILES string of the molecule is O=C(NCC(F)F)C(Cc1ccc(C#Cc2cccc(CO)c2)cc1)c1nc[nH]c(=O)c1O. The number of hydrogen-bond acceptors (Lipinski definition) is 5. The highest BCUT2D eigenvalue weighted by molar-refractivity contribution is 5.84. The number of alkyl halides is 2. The number of benzene rings is 2. The van der Waals surface area contributed by atoms with Crippen molar-refractivity contribution in [3.8, 4) is 17.6 Å². The standard InChI is InChI=1S/C24H21F2N3O4/c25-20(26)12-27-23(32)19(21-22(31)24(33)29-14-28-21)11-17-8-5-15(6-9-17)4-7-16-2-1-3-18(10-16)13-30/h1-3,5-6,8-10,14,19-20,30-31H,11-13H2,(H,27,32)(H,28,29,33). The molecule has 1 atom stereocenters. The molecular weight excluding hydrogens is 432 g/mol. The first-order valence-corrected chi connectivity index (χ1v) is 10.0. The van der Waals surface area contributed by atoms with Crippen molar-refractivity contribution in [1.29, 1.82) is 0 Å². The summed E-state index contributed by atoms with van der Waals surface area (Å²) in [6, 6.07) is 14.1. The van der Waals surface area contributed by atoms with Crippen LogP contribution in [0.5, 0.6) is 5.75 Å². The van der Waals surface area contributed by atoms with Crippen LogP contribution in [-0.2, 0) is 17.8 Å². The molecule has 0 aliphatic heterocycles. The molecule has 0 aliphatic carbocycles. The number of nitrogens with one attached hydrogen (secondary N) is 2. The normalized spacial score (nSPS) is 11.5. The summed E-state index contributed by atoms with van der Waals surface area (Å²) in [4.78, 5) is 30.4. The van der Waals surface area contributed by atoms with Gasteiger partial charge in [-0.1, -0.05) is 36.1 Å². The minimum absolute atomic E-state index is 0.0192. The van der Waals surface area contributed by atoms with Crippen molar-refractivity contribution in [3.63, 3.8) is 0 Å². The van der Waals surface area contributed by atoms with E-state index in [1.54, 1.807) is 42.5 Å². The smallest absolute Gasteiger partial charge is 0.293 e. The number of carbonyl (C=O) groups excluding carboxylic acids is 1. The highest BCUT2D eigenvalue weighted by atomic mass is 19.3. The van der Waals surface area contributed by atoms with Crippen molar-refractivity contribution in [1.82, 2.24) is 15.3 Å². The van der Waals surface area contributed by atoms with Crippen molar-refractivity contribution in [2.45, 2.75) is 25.4 Å². The summed E-state index contributed by atoms with van der Waals surface area (Å²) in [7, 11) is 0. The summed E-state index contributed by atoms with van der Waals surface area (Å²) in [5.41, 5.74) is 1.83. The van der Waals surface area contributed by atoms with Gasteiger partial charge in [0, 0.05) is 11.1 Å². The van der Waals surface area contributed by atoms with Crippen LogP contribution < -0.4 is 10.9 Å². The first-order chi connectivity index (χ1) is 15.9. The molecule has 3 aromatic rings. The Labute approximate surface area is 188 Å². The lowest BCUT2D eigenvalue weighted by Gasteiger charge is -2.17. The molecule has 0 bridgehead atoms. The molecule has 0 saturated heterocycles. The van der Waals surface area contributed by atoms with E-state index in [1.807, 2.05) is 6.07 Å². The van der Waals surface area contributed by atoms with E-state index in [2.05, 4.69) is 27.1 Å². The molecule has 1 aromatic heterocycles. The second-order valence-electron chi connectivity index (χ2n) is 7.16. The average Bonchev–Trinajstić information content (AvgIpc) is 2.82. The van der Waals surface area contributed by atoms with Crippen LogP contribution in [0, 0.1) is 11.8 Å². The molecule has 1 amide bonds. The number of amides is 1. The zero-order valence-electron chi connectivity index (χ0n) is 17.4. The van der Waals surface area contributed by atoms with Crippen LogP contribution in [0.1, 0.15) is 33.9 Å². The van der Waals surface area contributed by atoms with Gasteiger partial charge in [0.2, 0.25) is 11.7 Å². The Bertz CT molecular complexity index is 1230. The molecule has 33 heavy (non-hydrogen) atoms. The van der Waals surface area contributed by atoms with Gasteiger partial charge in [-0.2, -0.15) is 0 Å². The summed E-state index contributed by atoms with van der Waals surface area (Å²) >= 11 is 0. The van der Waals surface area contributed by atoms with Crippen molar-refractivity contribution in [3.05, 3.63) is 93.2 Å². The fourth-order valence-electron chi connectivity index (χ4n) is 3.13. The molecule has 0 aliphatic rings. The van der Waals surface area contributed by atoms with Gasteiger partial charge in [0.05, 0.1) is 25.4 Å². The zero-order valence-corrected chi connectivity index (χ0v) is 17.4. The lowest BCUT2D eigenvalue weighted by molar-refractivity contribution is -0.123. The lowest BCUT2D eigenvalue weighted by Crippen LogP contribution is -2.34. The van der Waals surface area contributed by atoms with Crippen LogP contribution in [0.15, 0.2) is 59.7 Å². The summed E-state index contributed by atoms with van der Waals surface area (Å²) in [5.74, 6) is 3.34. The Hall–Kier alpha value is -4.03. The topological polar surface area (TPSA) is 115 Å². The van der Waals surface area contributed by atoms with E-state index in [-0.39, 0.29) is 18.7 Å². The van der Waals surface area contributed by atoms with Gasteiger partial charge in [-0.3, -0.25) is 9.59 Å². The summed E-state index contributed by atoms with van der Waals surface area (Å²) in [6.45, 7) is -0.931. The molecule has 0 fully saturated rings. The molecule has 1 unspecified atom stereocenters. The lowest BCUT2D eigenvalue weighted by atomic mass is 9.94. The van der Waals surface area contributed by atoms with Gasteiger partial charge in [0.15, 0.2) is 0 Å². The predicted octanol–water partition coefficient (Wildman–Crippen LogP) is 2.08. The van der Waals surface area contributed by atoms with Crippen molar-refractivity contribution < 1.29 is 23.8 Å². The predicted molar refractivity (Wildman–Crippen MR) is 117 cm³/mol. The van der Waals surface area contributed by atoms with Gasteiger partial charge in [0.25, 0.3) is 12.0 Å². The Kier molecular flexibility index (Phi) is 7.89. The first-order valence-electron chi connectivity index (χ1n) is 10.0.